The van der Waals surface area contributed by atoms with Gasteiger partial charge in [0.25, 0.3) is 0 Å². The van der Waals surface area contributed by atoms with Gasteiger partial charge in [-0.3, -0.25) is 0 Å². The summed E-state index contributed by atoms with van der Waals surface area (Å²) < 4.78 is 0. The zero-order valence-electron chi connectivity index (χ0n) is 9.56. The Hall–Kier alpha value is -1.63. The van der Waals surface area contributed by atoms with Crippen LogP contribution >= 0.6 is 0 Å². The van der Waals surface area contributed by atoms with E-state index in [4.69, 9.17) is 5.26 Å². The molecule has 0 saturated heterocycles. The molecule has 0 amide bonds. The second kappa shape index (κ2) is 4.93. The molecule has 84 valence electrons. The van der Waals surface area contributed by atoms with Crippen molar-refractivity contribution in [1.29, 1.82) is 5.26 Å². The van der Waals surface area contributed by atoms with Crippen molar-refractivity contribution in [2.45, 2.75) is 31.6 Å². The van der Waals surface area contributed by atoms with Crippen molar-refractivity contribution < 1.29 is 0 Å². The van der Waals surface area contributed by atoms with Crippen LogP contribution in [0.2, 0.25) is 0 Å². The first-order valence-electron chi connectivity index (χ1n) is 5.73. The van der Waals surface area contributed by atoms with Gasteiger partial charge in [-0.25, -0.2) is 0 Å². The molecular formula is C12H16N4. The summed E-state index contributed by atoms with van der Waals surface area (Å²) in [5, 5.41) is 17.0. The minimum absolute atomic E-state index is 0.345. The van der Waals surface area contributed by atoms with E-state index in [1.807, 2.05) is 19.2 Å². The summed E-state index contributed by atoms with van der Waals surface area (Å²) >= 11 is 0. The van der Waals surface area contributed by atoms with Gasteiger partial charge in [0.05, 0.1) is 11.8 Å². The molecule has 0 radical (unpaired) electrons. The van der Waals surface area contributed by atoms with Gasteiger partial charge in [0, 0.05) is 13.0 Å². The third-order valence-corrected chi connectivity index (χ3v) is 3.14. The van der Waals surface area contributed by atoms with Crippen LogP contribution in [0.1, 0.15) is 37.3 Å². The van der Waals surface area contributed by atoms with Gasteiger partial charge < -0.3 is 4.90 Å². The van der Waals surface area contributed by atoms with Crippen LogP contribution in [0.25, 0.3) is 0 Å². The highest BCUT2D eigenvalue weighted by molar-refractivity contribution is 5.37. The van der Waals surface area contributed by atoms with Gasteiger partial charge in [0.2, 0.25) is 0 Å². The lowest BCUT2D eigenvalue weighted by atomic mass is 10.0. The molecule has 4 nitrogen and oxygen atoms in total. The molecule has 1 aromatic rings. The number of nitrogens with zero attached hydrogens (tertiary/aromatic N) is 4. The molecule has 16 heavy (non-hydrogen) atoms. The second-order valence-corrected chi connectivity index (χ2v) is 4.31. The van der Waals surface area contributed by atoms with Crippen LogP contribution in [0.5, 0.6) is 0 Å². The molecule has 0 spiro atoms. The standard InChI is InChI=1S/C12H16N4/c1-16(9-8-13)12-7-6-11(14-15-12)10-4-2-3-5-10/h6-7,10H,2-5,9H2,1H3. The van der Waals surface area contributed by atoms with Crippen LogP contribution in [-0.4, -0.2) is 23.8 Å². The number of anilines is 1. The van der Waals surface area contributed by atoms with Crippen molar-refractivity contribution in [3.8, 4) is 6.07 Å². The predicted octanol–water partition coefficient (Wildman–Crippen LogP) is 2.09. The number of aromatic nitrogens is 2. The Morgan fingerprint density at radius 1 is 1.38 bits per heavy atom. The molecule has 0 atom stereocenters. The Balaban J connectivity index is 2.07. The van der Waals surface area contributed by atoms with E-state index in [0.29, 0.717) is 12.5 Å². The maximum atomic E-state index is 8.59. The summed E-state index contributed by atoms with van der Waals surface area (Å²) in [5.41, 5.74) is 1.10. The summed E-state index contributed by atoms with van der Waals surface area (Å²) in [6.07, 6.45) is 5.09. The maximum Gasteiger partial charge on any atom is 0.151 e. The Bertz CT molecular complexity index is 373. The topological polar surface area (TPSA) is 52.8 Å². The van der Waals surface area contributed by atoms with E-state index in [1.165, 1.54) is 25.7 Å². The van der Waals surface area contributed by atoms with Crippen LogP contribution in [-0.2, 0) is 0 Å². The molecule has 1 fully saturated rings. The fraction of sp³-hybridized carbons (Fsp3) is 0.583. The number of rotatable bonds is 3. The summed E-state index contributed by atoms with van der Waals surface area (Å²) in [7, 11) is 1.85. The molecule has 0 aliphatic heterocycles. The molecule has 0 aromatic carbocycles. The first-order valence-corrected chi connectivity index (χ1v) is 5.73. The highest BCUT2D eigenvalue weighted by Gasteiger charge is 2.18. The van der Waals surface area contributed by atoms with Crippen LogP contribution < -0.4 is 4.90 Å². The van der Waals surface area contributed by atoms with Crippen molar-refractivity contribution >= 4 is 5.82 Å². The lowest BCUT2D eigenvalue weighted by Gasteiger charge is -2.14. The zero-order chi connectivity index (χ0) is 11.4. The predicted molar refractivity (Wildman–Crippen MR) is 62.1 cm³/mol. The lowest BCUT2D eigenvalue weighted by molar-refractivity contribution is 0.679. The first-order chi connectivity index (χ1) is 7.81. The second-order valence-electron chi connectivity index (χ2n) is 4.31. The minimum Gasteiger partial charge on any atom is -0.345 e. The molecule has 0 unspecified atom stereocenters. The normalized spacial score (nSPS) is 16.0. The number of hydrogen-bond donors (Lipinski definition) is 0. The fourth-order valence-corrected chi connectivity index (χ4v) is 2.17. The maximum absolute atomic E-state index is 8.59. The highest BCUT2D eigenvalue weighted by Crippen LogP contribution is 2.32. The first kappa shape index (κ1) is 10.9. The zero-order valence-corrected chi connectivity index (χ0v) is 9.56. The van der Waals surface area contributed by atoms with E-state index in [2.05, 4.69) is 16.3 Å². The molecule has 1 aliphatic rings. The van der Waals surface area contributed by atoms with Gasteiger partial charge in [-0.1, -0.05) is 12.8 Å². The SMILES string of the molecule is CN(CC#N)c1ccc(C2CCCC2)nn1. The van der Waals surface area contributed by atoms with Crippen molar-refractivity contribution in [3.63, 3.8) is 0 Å². The van der Waals surface area contributed by atoms with Gasteiger partial charge in [-0.15, -0.1) is 5.10 Å². The van der Waals surface area contributed by atoms with Crippen molar-refractivity contribution in [1.82, 2.24) is 10.2 Å². The van der Waals surface area contributed by atoms with E-state index in [-0.39, 0.29) is 0 Å². The summed E-state index contributed by atoms with van der Waals surface area (Å²) in [6, 6.07) is 6.10. The molecule has 1 saturated carbocycles. The van der Waals surface area contributed by atoms with E-state index >= 15 is 0 Å². The monoisotopic (exact) mass is 216 g/mol. The van der Waals surface area contributed by atoms with Crippen LogP contribution in [0.3, 0.4) is 0 Å². The lowest BCUT2D eigenvalue weighted by Crippen LogP contribution is -2.19. The van der Waals surface area contributed by atoms with Gasteiger partial charge in [-0.05, 0) is 25.0 Å². The fourth-order valence-electron chi connectivity index (χ4n) is 2.17. The third-order valence-electron chi connectivity index (χ3n) is 3.14. The highest BCUT2D eigenvalue weighted by atomic mass is 15.2. The molecule has 1 heterocycles. The average molecular weight is 216 g/mol. The molecule has 0 bridgehead atoms. The van der Waals surface area contributed by atoms with Crippen LogP contribution in [0.15, 0.2) is 12.1 Å². The van der Waals surface area contributed by atoms with E-state index < -0.39 is 0 Å². The van der Waals surface area contributed by atoms with Crippen molar-refractivity contribution in [2.24, 2.45) is 0 Å². The van der Waals surface area contributed by atoms with Gasteiger partial charge in [-0.2, -0.15) is 10.4 Å². The van der Waals surface area contributed by atoms with Gasteiger partial charge in [0.1, 0.15) is 6.54 Å². The number of nitriles is 1. The third kappa shape index (κ3) is 2.30. The summed E-state index contributed by atoms with van der Waals surface area (Å²) in [6.45, 7) is 0.345. The minimum atomic E-state index is 0.345. The Morgan fingerprint density at radius 3 is 2.69 bits per heavy atom. The molecule has 4 heteroatoms. The van der Waals surface area contributed by atoms with Crippen LogP contribution in [0.4, 0.5) is 5.82 Å². The molecule has 1 aromatic heterocycles. The molecular weight excluding hydrogens is 200 g/mol. The van der Waals surface area contributed by atoms with E-state index in [9.17, 15) is 0 Å². The Morgan fingerprint density at radius 2 is 2.12 bits per heavy atom. The van der Waals surface area contributed by atoms with Crippen LogP contribution in [0, 0.1) is 11.3 Å². The van der Waals surface area contributed by atoms with E-state index in [0.717, 1.165) is 11.5 Å². The van der Waals surface area contributed by atoms with Gasteiger partial charge in [0.15, 0.2) is 5.82 Å². The average Bonchev–Trinajstić information content (AvgIpc) is 2.83. The van der Waals surface area contributed by atoms with E-state index in [1.54, 1.807) is 4.90 Å². The Labute approximate surface area is 95.9 Å². The Kier molecular flexibility index (Phi) is 3.35. The quantitative estimate of drug-likeness (QED) is 0.726. The molecule has 2 rings (SSSR count). The summed E-state index contributed by atoms with van der Waals surface area (Å²) in [5.74, 6) is 1.37. The van der Waals surface area contributed by atoms with Gasteiger partial charge >= 0.3 is 0 Å². The van der Waals surface area contributed by atoms with Crippen molar-refractivity contribution in [3.05, 3.63) is 17.8 Å². The summed E-state index contributed by atoms with van der Waals surface area (Å²) in [4.78, 5) is 1.80. The molecule has 0 N–H and O–H groups in total. The number of hydrogen-bond acceptors (Lipinski definition) is 4. The molecule has 1 aliphatic carbocycles. The van der Waals surface area contributed by atoms with Crippen molar-refractivity contribution in [2.75, 3.05) is 18.5 Å². The smallest absolute Gasteiger partial charge is 0.151 e. The largest absolute Gasteiger partial charge is 0.345 e.